The zero-order chi connectivity index (χ0) is 15.4. The molecule has 2 N–H and O–H groups in total. The number of nitrogens with zero attached hydrogens (tertiary/aromatic N) is 1. The van der Waals surface area contributed by atoms with Gasteiger partial charge < -0.3 is 15.3 Å². The lowest BCUT2D eigenvalue weighted by Crippen LogP contribution is -2.47. The summed E-state index contributed by atoms with van der Waals surface area (Å²) < 4.78 is 13.3. The molecule has 0 unspecified atom stereocenters. The van der Waals surface area contributed by atoms with E-state index in [0.29, 0.717) is 17.6 Å². The molecular weight excluding hydrogens is 271 g/mol. The molecule has 4 nitrogen and oxygen atoms in total. The van der Waals surface area contributed by atoms with E-state index in [0.717, 1.165) is 25.9 Å². The standard InChI is InChI=1S/C16H23FN2O2/c1-11(2)18-13-5-7-19(8-6-13)16(21)10-12-3-4-15(20)14(17)9-12/h3-4,9,11,13,18,20H,5-8,10H2,1-2H3. The fourth-order valence-corrected chi connectivity index (χ4v) is 2.71. The van der Waals surface area contributed by atoms with Crippen molar-refractivity contribution in [3.63, 3.8) is 0 Å². The first-order chi connectivity index (χ1) is 9.95. The van der Waals surface area contributed by atoms with Crippen LogP contribution in [0.5, 0.6) is 5.75 Å². The summed E-state index contributed by atoms with van der Waals surface area (Å²) in [5, 5.41) is 12.6. The summed E-state index contributed by atoms with van der Waals surface area (Å²) in [6.45, 7) is 5.72. The van der Waals surface area contributed by atoms with Gasteiger partial charge in [0.1, 0.15) is 0 Å². The van der Waals surface area contributed by atoms with Crippen LogP contribution in [0.3, 0.4) is 0 Å². The van der Waals surface area contributed by atoms with E-state index in [-0.39, 0.29) is 18.1 Å². The van der Waals surface area contributed by atoms with Crippen molar-refractivity contribution in [1.82, 2.24) is 10.2 Å². The van der Waals surface area contributed by atoms with Crippen LogP contribution in [-0.4, -0.2) is 41.1 Å². The number of hydrogen-bond donors (Lipinski definition) is 2. The average Bonchev–Trinajstić information content (AvgIpc) is 2.43. The highest BCUT2D eigenvalue weighted by Gasteiger charge is 2.23. The molecular formula is C16H23FN2O2. The number of halogens is 1. The van der Waals surface area contributed by atoms with Crippen LogP contribution < -0.4 is 5.32 Å². The number of rotatable bonds is 4. The van der Waals surface area contributed by atoms with Gasteiger partial charge in [0, 0.05) is 25.2 Å². The first-order valence-corrected chi connectivity index (χ1v) is 7.47. The Morgan fingerprint density at radius 2 is 2.10 bits per heavy atom. The van der Waals surface area contributed by atoms with E-state index in [4.69, 9.17) is 5.11 Å². The number of benzene rings is 1. The van der Waals surface area contributed by atoms with Crippen LogP contribution >= 0.6 is 0 Å². The fourth-order valence-electron chi connectivity index (χ4n) is 2.71. The van der Waals surface area contributed by atoms with Gasteiger partial charge >= 0.3 is 0 Å². The quantitative estimate of drug-likeness (QED) is 0.894. The first-order valence-electron chi connectivity index (χ1n) is 7.47. The maximum absolute atomic E-state index is 13.3. The second kappa shape index (κ2) is 6.89. The predicted molar refractivity (Wildman–Crippen MR) is 79.6 cm³/mol. The molecule has 1 saturated heterocycles. The summed E-state index contributed by atoms with van der Waals surface area (Å²) in [6.07, 6.45) is 2.08. The van der Waals surface area contributed by atoms with Gasteiger partial charge in [-0.05, 0) is 30.5 Å². The van der Waals surface area contributed by atoms with Crippen LogP contribution in [0.1, 0.15) is 32.3 Å². The molecule has 1 heterocycles. The van der Waals surface area contributed by atoms with Crippen molar-refractivity contribution in [3.8, 4) is 5.75 Å². The lowest BCUT2D eigenvalue weighted by Gasteiger charge is -2.33. The van der Waals surface area contributed by atoms with E-state index in [9.17, 15) is 9.18 Å². The normalized spacial score (nSPS) is 16.5. The molecule has 1 aliphatic heterocycles. The minimum absolute atomic E-state index is 0.0167. The lowest BCUT2D eigenvalue weighted by molar-refractivity contribution is -0.131. The van der Waals surface area contributed by atoms with E-state index < -0.39 is 5.82 Å². The van der Waals surface area contributed by atoms with Crippen molar-refractivity contribution in [2.75, 3.05) is 13.1 Å². The number of amides is 1. The molecule has 0 saturated carbocycles. The van der Waals surface area contributed by atoms with Crippen LogP contribution in [0.25, 0.3) is 0 Å². The number of piperidine rings is 1. The number of aromatic hydroxyl groups is 1. The highest BCUT2D eigenvalue weighted by atomic mass is 19.1. The average molecular weight is 294 g/mol. The van der Waals surface area contributed by atoms with Gasteiger partial charge in [0.25, 0.3) is 0 Å². The number of phenols is 1. The van der Waals surface area contributed by atoms with Crippen LogP contribution in [0, 0.1) is 5.82 Å². The van der Waals surface area contributed by atoms with E-state index in [2.05, 4.69) is 19.2 Å². The molecule has 1 fully saturated rings. The Bertz CT molecular complexity index is 497. The molecule has 0 atom stereocenters. The highest BCUT2D eigenvalue weighted by Crippen LogP contribution is 2.18. The predicted octanol–water partition coefficient (Wildman–Crippen LogP) is 2.06. The molecule has 1 amide bonds. The molecule has 0 spiro atoms. The van der Waals surface area contributed by atoms with Gasteiger partial charge in [-0.3, -0.25) is 4.79 Å². The minimum atomic E-state index is -0.680. The van der Waals surface area contributed by atoms with Gasteiger partial charge in [-0.15, -0.1) is 0 Å². The van der Waals surface area contributed by atoms with Crippen LogP contribution in [0.4, 0.5) is 4.39 Å². The number of nitrogens with one attached hydrogen (secondary N) is 1. The summed E-state index contributed by atoms with van der Waals surface area (Å²) in [5.41, 5.74) is 0.595. The number of carbonyl (C=O) groups is 1. The molecule has 1 aromatic rings. The van der Waals surface area contributed by atoms with Gasteiger partial charge in [0.15, 0.2) is 11.6 Å². The van der Waals surface area contributed by atoms with E-state index in [1.54, 1.807) is 6.07 Å². The molecule has 5 heteroatoms. The highest BCUT2D eigenvalue weighted by molar-refractivity contribution is 5.78. The summed E-state index contributed by atoms with van der Waals surface area (Å²) >= 11 is 0. The maximum atomic E-state index is 13.3. The Morgan fingerprint density at radius 1 is 1.43 bits per heavy atom. The Kier molecular flexibility index (Phi) is 5.17. The molecule has 1 aliphatic rings. The summed E-state index contributed by atoms with van der Waals surface area (Å²) in [6, 6.07) is 5.03. The van der Waals surface area contributed by atoms with Crippen molar-refractivity contribution in [1.29, 1.82) is 0 Å². The third-order valence-corrected chi connectivity index (χ3v) is 3.78. The van der Waals surface area contributed by atoms with Crippen LogP contribution in [0.15, 0.2) is 18.2 Å². The minimum Gasteiger partial charge on any atom is -0.505 e. The molecule has 0 radical (unpaired) electrons. The van der Waals surface area contributed by atoms with Gasteiger partial charge in [-0.1, -0.05) is 19.9 Å². The smallest absolute Gasteiger partial charge is 0.226 e. The van der Waals surface area contributed by atoms with Gasteiger partial charge in [-0.2, -0.15) is 0 Å². The monoisotopic (exact) mass is 294 g/mol. The van der Waals surface area contributed by atoms with E-state index in [1.165, 1.54) is 12.1 Å². The number of hydrogen-bond acceptors (Lipinski definition) is 3. The molecule has 0 aromatic heterocycles. The van der Waals surface area contributed by atoms with Crippen molar-refractivity contribution in [3.05, 3.63) is 29.6 Å². The van der Waals surface area contributed by atoms with Crippen molar-refractivity contribution in [2.45, 2.75) is 45.2 Å². The number of phenolic OH excluding ortho intramolecular Hbond substituents is 1. The second-order valence-electron chi connectivity index (χ2n) is 5.94. The Balaban J connectivity index is 1.86. The third kappa shape index (κ3) is 4.43. The van der Waals surface area contributed by atoms with E-state index in [1.807, 2.05) is 4.90 Å². The molecule has 2 rings (SSSR count). The summed E-state index contributed by atoms with van der Waals surface area (Å²) in [7, 11) is 0. The fraction of sp³-hybridized carbons (Fsp3) is 0.562. The van der Waals surface area contributed by atoms with Crippen molar-refractivity contribution < 1.29 is 14.3 Å². The van der Waals surface area contributed by atoms with Crippen LogP contribution in [0.2, 0.25) is 0 Å². The third-order valence-electron chi connectivity index (χ3n) is 3.78. The van der Waals surface area contributed by atoms with Crippen LogP contribution in [-0.2, 0) is 11.2 Å². The molecule has 0 bridgehead atoms. The maximum Gasteiger partial charge on any atom is 0.226 e. The Hall–Kier alpha value is -1.62. The lowest BCUT2D eigenvalue weighted by atomic mass is 10.0. The second-order valence-corrected chi connectivity index (χ2v) is 5.94. The van der Waals surface area contributed by atoms with Gasteiger partial charge in [-0.25, -0.2) is 4.39 Å². The molecule has 116 valence electrons. The topological polar surface area (TPSA) is 52.6 Å². The van der Waals surface area contributed by atoms with Gasteiger partial charge in [0.05, 0.1) is 6.42 Å². The Labute approximate surface area is 125 Å². The Morgan fingerprint density at radius 3 is 2.67 bits per heavy atom. The first kappa shape index (κ1) is 15.8. The summed E-state index contributed by atoms with van der Waals surface area (Å²) in [4.78, 5) is 14.0. The van der Waals surface area contributed by atoms with E-state index >= 15 is 0 Å². The SMILES string of the molecule is CC(C)NC1CCN(C(=O)Cc2ccc(O)c(F)c2)CC1. The van der Waals surface area contributed by atoms with Gasteiger partial charge in [0.2, 0.25) is 5.91 Å². The number of carbonyl (C=O) groups excluding carboxylic acids is 1. The van der Waals surface area contributed by atoms with Crippen molar-refractivity contribution in [2.24, 2.45) is 0 Å². The molecule has 0 aliphatic carbocycles. The molecule has 1 aromatic carbocycles. The molecule has 21 heavy (non-hydrogen) atoms. The summed E-state index contributed by atoms with van der Waals surface area (Å²) in [5.74, 6) is -1.05. The number of likely N-dealkylation sites (tertiary alicyclic amines) is 1. The van der Waals surface area contributed by atoms with Crippen molar-refractivity contribution >= 4 is 5.91 Å². The zero-order valence-electron chi connectivity index (χ0n) is 12.6. The largest absolute Gasteiger partial charge is 0.505 e. The zero-order valence-corrected chi connectivity index (χ0v) is 12.6.